The van der Waals surface area contributed by atoms with Crippen molar-refractivity contribution in [3.05, 3.63) is 18.3 Å². The van der Waals surface area contributed by atoms with Crippen LogP contribution in [0.15, 0.2) is 18.3 Å². The minimum Gasteiger partial charge on any atom is -0.396 e. The maximum absolute atomic E-state index is 9.14. The van der Waals surface area contributed by atoms with E-state index in [4.69, 9.17) is 10.8 Å². The molecule has 4 heteroatoms. The molecule has 1 aromatic rings. The molecule has 1 aliphatic heterocycles. The first-order chi connectivity index (χ1) is 7.29. The van der Waals surface area contributed by atoms with Crippen molar-refractivity contribution in [3.8, 4) is 0 Å². The van der Waals surface area contributed by atoms with Gasteiger partial charge in [-0.05, 0) is 30.9 Å². The molecule has 0 amide bonds. The topological polar surface area (TPSA) is 62.4 Å². The number of aromatic nitrogens is 1. The van der Waals surface area contributed by atoms with E-state index in [9.17, 15) is 0 Å². The number of nitrogen functional groups attached to an aromatic ring is 1. The smallest absolute Gasteiger partial charge is 0.123 e. The average molecular weight is 207 g/mol. The second kappa shape index (κ2) is 4.49. The van der Waals surface area contributed by atoms with Crippen LogP contribution in [0.4, 0.5) is 11.5 Å². The number of anilines is 2. The minimum atomic E-state index is 0.277. The quantitative estimate of drug-likeness (QED) is 0.755. The van der Waals surface area contributed by atoms with Crippen molar-refractivity contribution >= 4 is 11.5 Å². The Bertz CT molecular complexity index is 312. The molecule has 1 saturated heterocycles. The maximum atomic E-state index is 9.14. The van der Waals surface area contributed by atoms with Crippen molar-refractivity contribution in [2.75, 3.05) is 30.3 Å². The minimum absolute atomic E-state index is 0.277. The zero-order chi connectivity index (χ0) is 10.7. The van der Waals surface area contributed by atoms with Gasteiger partial charge >= 0.3 is 0 Å². The fourth-order valence-corrected chi connectivity index (χ4v) is 2.03. The van der Waals surface area contributed by atoms with Crippen molar-refractivity contribution in [1.29, 1.82) is 0 Å². The number of pyridine rings is 1. The molecule has 1 atom stereocenters. The fraction of sp³-hybridized carbons (Fsp3) is 0.545. The monoisotopic (exact) mass is 207 g/mol. The van der Waals surface area contributed by atoms with E-state index in [0.29, 0.717) is 11.7 Å². The van der Waals surface area contributed by atoms with Gasteiger partial charge in [-0.1, -0.05) is 0 Å². The Morgan fingerprint density at radius 3 is 3.07 bits per heavy atom. The van der Waals surface area contributed by atoms with Crippen molar-refractivity contribution in [1.82, 2.24) is 4.98 Å². The predicted molar refractivity (Wildman–Crippen MR) is 60.7 cm³/mol. The molecule has 1 aromatic heterocycles. The highest BCUT2D eigenvalue weighted by Crippen LogP contribution is 2.22. The van der Waals surface area contributed by atoms with Gasteiger partial charge in [0.05, 0.1) is 11.9 Å². The summed E-state index contributed by atoms with van der Waals surface area (Å²) in [6.45, 7) is 2.24. The van der Waals surface area contributed by atoms with Crippen LogP contribution >= 0.6 is 0 Å². The van der Waals surface area contributed by atoms with Gasteiger partial charge in [0, 0.05) is 19.7 Å². The molecular formula is C11H17N3O. The Balaban J connectivity index is 2.06. The van der Waals surface area contributed by atoms with Gasteiger partial charge in [-0.2, -0.15) is 0 Å². The number of nitrogens with two attached hydrogens (primary N) is 1. The average Bonchev–Trinajstić information content (AvgIpc) is 2.30. The third-order valence-electron chi connectivity index (χ3n) is 2.91. The van der Waals surface area contributed by atoms with Gasteiger partial charge in [-0.3, -0.25) is 0 Å². The van der Waals surface area contributed by atoms with Gasteiger partial charge in [0.15, 0.2) is 0 Å². The van der Waals surface area contributed by atoms with Crippen LogP contribution in [0.5, 0.6) is 0 Å². The van der Waals surface area contributed by atoms with E-state index in [1.165, 1.54) is 0 Å². The van der Waals surface area contributed by atoms with Crippen molar-refractivity contribution in [2.24, 2.45) is 5.92 Å². The molecule has 3 N–H and O–H groups in total. The number of aliphatic hydroxyl groups is 1. The second-order valence-electron chi connectivity index (χ2n) is 4.08. The van der Waals surface area contributed by atoms with Crippen LogP contribution in [0.2, 0.25) is 0 Å². The van der Waals surface area contributed by atoms with Crippen LogP contribution < -0.4 is 10.6 Å². The highest BCUT2D eigenvalue weighted by Gasteiger charge is 2.19. The number of piperidine rings is 1. The van der Waals surface area contributed by atoms with Crippen LogP contribution in [0.3, 0.4) is 0 Å². The highest BCUT2D eigenvalue weighted by molar-refractivity contribution is 5.48. The molecule has 2 rings (SSSR count). The molecular weight excluding hydrogens is 190 g/mol. The Morgan fingerprint density at radius 1 is 1.53 bits per heavy atom. The fourth-order valence-electron chi connectivity index (χ4n) is 2.03. The lowest BCUT2D eigenvalue weighted by Crippen LogP contribution is -2.36. The van der Waals surface area contributed by atoms with Crippen LogP contribution in [-0.2, 0) is 0 Å². The Labute approximate surface area is 89.7 Å². The van der Waals surface area contributed by atoms with E-state index >= 15 is 0 Å². The van der Waals surface area contributed by atoms with Gasteiger partial charge in [0.1, 0.15) is 5.82 Å². The molecule has 0 aliphatic carbocycles. The lowest BCUT2D eigenvalue weighted by Gasteiger charge is -2.33. The molecule has 1 fully saturated rings. The van der Waals surface area contributed by atoms with E-state index in [-0.39, 0.29) is 6.61 Å². The molecule has 0 bridgehead atoms. The number of hydrogen-bond acceptors (Lipinski definition) is 4. The highest BCUT2D eigenvalue weighted by atomic mass is 16.3. The summed E-state index contributed by atoms with van der Waals surface area (Å²) in [5, 5.41) is 9.14. The summed E-state index contributed by atoms with van der Waals surface area (Å²) in [5.41, 5.74) is 6.64. The third-order valence-corrected chi connectivity index (χ3v) is 2.91. The van der Waals surface area contributed by atoms with E-state index in [0.717, 1.165) is 31.6 Å². The Morgan fingerprint density at radius 2 is 2.40 bits per heavy atom. The number of rotatable bonds is 2. The van der Waals surface area contributed by atoms with Crippen LogP contribution in [0, 0.1) is 5.92 Å². The van der Waals surface area contributed by atoms with E-state index in [1.54, 1.807) is 6.20 Å². The molecule has 82 valence electrons. The van der Waals surface area contributed by atoms with Crippen LogP contribution in [0.25, 0.3) is 0 Å². The van der Waals surface area contributed by atoms with Gasteiger partial charge in [0.25, 0.3) is 0 Å². The Hall–Kier alpha value is -1.29. The summed E-state index contributed by atoms with van der Waals surface area (Å²) in [6, 6.07) is 3.81. The molecule has 15 heavy (non-hydrogen) atoms. The zero-order valence-corrected chi connectivity index (χ0v) is 8.76. The van der Waals surface area contributed by atoms with Gasteiger partial charge in [-0.15, -0.1) is 0 Å². The number of hydrogen-bond donors (Lipinski definition) is 2. The first-order valence-corrected chi connectivity index (χ1v) is 5.37. The molecule has 0 aromatic carbocycles. The summed E-state index contributed by atoms with van der Waals surface area (Å²) in [6.07, 6.45) is 4.06. The number of nitrogens with zero attached hydrogens (tertiary/aromatic N) is 2. The number of aliphatic hydroxyl groups excluding tert-OH is 1. The summed E-state index contributed by atoms with van der Waals surface area (Å²) < 4.78 is 0. The van der Waals surface area contributed by atoms with E-state index < -0.39 is 0 Å². The lowest BCUT2D eigenvalue weighted by molar-refractivity contribution is 0.208. The zero-order valence-electron chi connectivity index (χ0n) is 8.76. The molecule has 0 saturated carbocycles. The van der Waals surface area contributed by atoms with Gasteiger partial charge in [-0.25, -0.2) is 4.98 Å². The maximum Gasteiger partial charge on any atom is 0.123 e. The summed E-state index contributed by atoms with van der Waals surface area (Å²) in [4.78, 5) is 6.34. The first-order valence-electron chi connectivity index (χ1n) is 5.37. The van der Waals surface area contributed by atoms with E-state index in [1.807, 2.05) is 12.1 Å². The summed E-state index contributed by atoms with van der Waals surface area (Å²) in [7, 11) is 0. The van der Waals surface area contributed by atoms with Crippen LogP contribution in [0.1, 0.15) is 12.8 Å². The summed E-state index contributed by atoms with van der Waals surface area (Å²) >= 11 is 0. The lowest BCUT2D eigenvalue weighted by atomic mass is 9.99. The summed E-state index contributed by atoms with van der Waals surface area (Å²) in [5.74, 6) is 0.950. The molecule has 2 heterocycles. The molecule has 1 aliphatic rings. The molecule has 0 radical (unpaired) electrons. The van der Waals surface area contributed by atoms with Gasteiger partial charge < -0.3 is 15.7 Å². The van der Waals surface area contributed by atoms with Crippen molar-refractivity contribution in [3.63, 3.8) is 0 Å². The third kappa shape index (κ3) is 2.39. The normalized spacial score (nSPS) is 21.7. The molecule has 0 spiro atoms. The second-order valence-corrected chi connectivity index (χ2v) is 4.08. The van der Waals surface area contributed by atoms with Crippen molar-refractivity contribution in [2.45, 2.75) is 12.8 Å². The SMILES string of the molecule is Nc1ccc(N2CCCC(CO)C2)cn1. The van der Waals surface area contributed by atoms with Gasteiger partial charge in [0.2, 0.25) is 0 Å². The first kappa shape index (κ1) is 10.2. The standard InChI is InChI=1S/C11H17N3O/c12-11-4-3-10(6-13-11)14-5-1-2-9(7-14)8-15/h3-4,6,9,15H,1-2,5,7-8H2,(H2,12,13). The molecule has 1 unspecified atom stereocenters. The van der Waals surface area contributed by atoms with E-state index in [2.05, 4.69) is 9.88 Å². The predicted octanol–water partition coefficient (Wildman–Crippen LogP) is 0.872. The van der Waals surface area contributed by atoms with Crippen LogP contribution in [-0.4, -0.2) is 29.8 Å². The Kier molecular flexibility index (Phi) is 3.06. The largest absolute Gasteiger partial charge is 0.396 e. The van der Waals surface area contributed by atoms with Crippen molar-refractivity contribution < 1.29 is 5.11 Å². The molecule has 4 nitrogen and oxygen atoms in total.